The van der Waals surface area contributed by atoms with Crippen molar-refractivity contribution >= 4 is 28.6 Å². The lowest BCUT2D eigenvalue weighted by Gasteiger charge is -2.34. The van der Waals surface area contributed by atoms with Crippen LogP contribution in [0.15, 0.2) is 30.3 Å². The fourth-order valence-corrected chi connectivity index (χ4v) is 2.84. The van der Waals surface area contributed by atoms with Gasteiger partial charge in [-0.1, -0.05) is 40.8 Å². The van der Waals surface area contributed by atoms with Crippen LogP contribution in [0, 0.1) is 0 Å². The van der Waals surface area contributed by atoms with Crippen molar-refractivity contribution in [2.45, 2.75) is 31.3 Å². The molecule has 19 heavy (non-hydrogen) atoms. The SMILES string of the molecule is CO[C@H]1CC[C@H](OC(=O)c2ccccc2)[C@H](CI)O1. The standard InChI is InChI=1S/C14H17IO4/c1-17-13-8-7-11(12(9-15)18-13)19-14(16)10-5-3-2-4-6-10/h2-6,11-13H,7-9H2,1H3/t11-,12-,13+/m0/s1. The summed E-state index contributed by atoms with van der Waals surface area (Å²) in [6.07, 6.45) is 1.02. The summed E-state index contributed by atoms with van der Waals surface area (Å²) in [6.45, 7) is 0. The maximum Gasteiger partial charge on any atom is 0.338 e. The highest BCUT2D eigenvalue weighted by Gasteiger charge is 2.33. The van der Waals surface area contributed by atoms with E-state index < -0.39 is 0 Å². The Morgan fingerprint density at radius 2 is 2.11 bits per heavy atom. The van der Waals surface area contributed by atoms with Crippen LogP contribution in [0.4, 0.5) is 0 Å². The number of alkyl halides is 1. The fourth-order valence-electron chi connectivity index (χ4n) is 2.06. The molecule has 0 spiro atoms. The van der Waals surface area contributed by atoms with Crippen LogP contribution in [-0.4, -0.2) is 36.0 Å². The molecule has 0 saturated carbocycles. The zero-order chi connectivity index (χ0) is 13.7. The largest absolute Gasteiger partial charge is 0.456 e. The van der Waals surface area contributed by atoms with Gasteiger partial charge in [-0.05, 0) is 18.6 Å². The maximum atomic E-state index is 12.0. The molecule has 2 rings (SSSR count). The van der Waals surface area contributed by atoms with Gasteiger partial charge in [0, 0.05) is 18.0 Å². The summed E-state index contributed by atoms with van der Waals surface area (Å²) in [4.78, 5) is 12.0. The predicted octanol–water partition coefficient (Wildman–Crippen LogP) is 2.80. The van der Waals surface area contributed by atoms with E-state index in [1.54, 1.807) is 19.2 Å². The molecule has 0 bridgehead atoms. The van der Waals surface area contributed by atoms with Crippen LogP contribution in [0.5, 0.6) is 0 Å². The van der Waals surface area contributed by atoms with Gasteiger partial charge in [-0.25, -0.2) is 4.79 Å². The van der Waals surface area contributed by atoms with Gasteiger partial charge in [-0.2, -0.15) is 0 Å². The van der Waals surface area contributed by atoms with E-state index in [-0.39, 0.29) is 24.5 Å². The smallest absolute Gasteiger partial charge is 0.338 e. The van der Waals surface area contributed by atoms with Gasteiger partial charge in [0.25, 0.3) is 0 Å². The van der Waals surface area contributed by atoms with E-state index in [4.69, 9.17) is 14.2 Å². The van der Waals surface area contributed by atoms with Crippen molar-refractivity contribution in [3.05, 3.63) is 35.9 Å². The Labute approximate surface area is 126 Å². The van der Waals surface area contributed by atoms with Crippen LogP contribution in [-0.2, 0) is 14.2 Å². The first-order valence-electron chi connectivity index (χ1n) is 6.25. The molecule has 1 aromatic rings. The molecule has 104 valence electrons. The zero-order valence-corrected chi connectivity index (χ0v) is 12.9. The van der Waals surface area contributed by atoms with E-state index in [0.29, 0.717) is 5.56 Å². The van der Waals surface area contributed by atoms with E-state index >= 15 is 0 Å². The van der Waals surface area contributed by atoms with Crippen LogP contribution in [0.1, 0.15) is 23.2 Å². The average Bonchev–Trinajstić information content (AvgIpc) is 2.48. The summed E-state index contributed by atoms with van der Waals surface area (Å²) in [6, 6.07) is 9.03. The molecule has 1 aromatic carbocycles. The van der Waals surface area contributed by atoms with Crippen LogP contribution in [0.2, 0.25) is 0 Å². The number of esters is 1. The number of rotatable bonds is 4. The average molecular weight is 376 g/mol. The second kappa shape index (κ2) is 7.21. The molecule has 1 fully saturated rings. The van der Waals surface area contributed by atoms with Gasteiger partial charge in [0.05, 0.1) is 5.56 Å². The Hall–Kier alpha value is -0.660. The van der Waals surface area contributed by atoms with Crippen molar-refractivity contribution in [2.75, 3.05) is 11.5 Å². The van der Waals surface area contributed by atoms with Crippen molar-refractivity contribution in [2.24, 2.45) is 0 Å². The van der Waals surface area contributed by atoms with Crippen molar-refractivity contribution in [3.63, 3.8) is 0 Å². The van der Waals surface area contributed by atoms with Crippen molar-refractivity contribution in [1.82, 2.24) is 0 Å². The first kappa shape index (κ1) is 14.7. The minimum atomic E-state index is -0.292. The quantitative estimate of drug-likeness (QED) is 0.461. The maximum absolute atomic E-state index is 12.0. The van der Waals surface area contributed by atoms with Crippen LogP contribution < -0.4 is 0 Å². The summed E-state index contributed by atoms with van der Waals surface area (Å²) in [7, 11) is 1.63. The highest BCUT2D eigenvalue weighted by atomic mass is 127. The highest BCUT2D eigenvalue weighted by molar-refractivity contribution is 14.1. The summed E-state index contributed by atoms with van der Waals surface area (Å²) < 4.78 is 17.2. The molecule has 3 atom stereocenters. The first-order chi connectivity index (χ1) is 9.24. The third kappa shape index (κ3) is 3.90. The Morgan fingerprint density at radius 1 is 1.37 bits per heavy atom. The van der Waals surface area contributed by atoms with Crippen molar-refractivity contribution < 1.29 is 19.0 Å². The lowest BCUT2D eigenvalue weighted by Crippen LogP contribution is -2.43. The van der Waals surface area contributed by atoms with E-state index in [1.807, 2.05) is 18.2 Å². The summed E-state index contributed by atoms with van der Waals surface area (Å²) in [5, 5.41) is 0. The van der Waals surface area contributed by atoms with Gasteiger partial charge in [0.2, 0.25) is 0 Å². The first-order valence-corrected chi connectivity index (χ1v) is 7.77. The second-order valence-electron chi connectivity index (χ2n) is 4.38. The normalized spacial score (nSPS) is 26.9. The number of methoxy groups -OCH3 is 1. The summed E-state index contributed by atoms with van der Waals surface area (Å²) >= 11 is 2.24. The molecule has 0 unspecified atom stereocenters. The molecule has 0 N–H and O–H groups in total. The van der Waals surface area contributed by atoms with Crippen molar-refractivity contribution in [3.8, 4) is 0 Å². The lowest BCUT2D eigenvalue weighted by atomic mass is 10.1. The second-order valence-corrected chi connectivity index (χ2v) is 5.26. The lowest BCUT2D eigenvalue weighted by molar-refractivity contribution is -0.204. The van der Waals surface area contributed by atoms with E-state index in [9.17, 15) is 4.79 Å². The number of ether oxygens (including phenoxy) is 3. The molecule has 1 aliphatic heterocycles. The number of hydrogen-bond donors (Lipinski definition) is 0. The fraction of sp³-hybridized carbons (Fsp3) is 0.500. The summed E-state index contributed by atoms with van der Waals surface area (Å²) in [5.74, 6) is -0.292. The molecule has 5 heteroatoms. The van der Waals surface area contributed by atoms with Crippen LogP contribution in [0.3, 0.4) is 0 Å². The minimum absolute atomic E-state index is 0.105. The topological polar surface area (TPSA) is 44.8 Å². The molecular formula is C14H17IO4. The number of hydrogen-bond acceptors (Lipinski definition) is 4. The minimum Gasteiger partial charge on any atom is -0.456 e. The Bertz CT molecular complexity index is 409. The third-order valence-corrected chi connectivity index (χ3v) is 3.98. The molecule has 0 aliphatic carbocycles. The molecule has 1 heterocycles. The molecule has 0 radical (unpaired) electrons. The van der Waals surface area contributed by atoms with Gasteiger partial charge in [-0.15, -0.1) is 0 Å². The molecule has 1 aliphatic rings. The monoisotopic (exact) mass is 376 g/mol. The van der Waals surface area contributed by atoms with E-state index in [0.717, 1.165) is 17.3 Å². The molecule has 0 amide bonds. The molecule has 4 nitrogen and oxygen atoms in total. The van der Waals surface area contributed by atoms with Gasteiger partial charge in [0.15, 0.2) is 6.29 Å². The zero-order valence-electron chi connectivity index (χ0n) is 10.8. The number of halogens is 1. The van der Waals surface area contributed by atoms with Crippen molar-refractivity contribution in [1.29, 1.82) is 0 Å². The Kier molecular flexibility index (Phi) is 5.59. The Balaban J connectivity index is 1.96. The third-order valence-electron chi connectivity index (χ3n) is 3.11. The van der Waals surface area contributed by atoms with Gasteiger partial charge in [-0.3, -0.25) is 0 Å². The number of benzene rings is 1. The van der Waals surface area contributed by atoms with Gasteiger partial charge in [0.1, 0.15) is 12.2 Å². The number of carbonyl (C=O) groups is 1. The van der Waals surface area contributed by atoms with Gasteiger partial charge >= 0.3 is 5.97 Å². The molecule has 1 saturated heterocycles. The Morgan fingerprint density at radius 3 is 2.74 bits per heavy atom. The van der Waals surface area contributed by atoms with Crippen LogP contribution in [0.25, 0.3) is 0 Å². The van der Waals surface area contributed by atoms with E-state index in [2.05, 4.69) is 22.6 Å². The number of carbonyl (C=O) groups excluding carboxylic acids is 1. The highest BCUT2D eigenvalue weighted by Crippen LogP contribution is 2.24. The summed E-state index contributed by atoms with van der Waals surface area (Å²) in [5.41, 5.74) is 0.573. The van der Waals surface area contributed by atoms with Crippen LogP contribution >= 0.6 is 22.6 Å². The molecule has 0 aromatic heterocycles. The van der Waals surface area contributed by atoms with Gasteiger partial charge < -0.3 is 14.2 Å². The molecular weight excluding hydrogens is 359 g/mol. The predicted molar refractivity (Wildman–Crippen MR) is 79.4 cm³/mol. The van der Waals surface area contributed by atoms with E-state index in [1.165, 1.54) is 0 Å².